The normalized spacial score (nSPS) is 10.4. The smallest absolute Gasteiger partial charge is 0.167 e. The van der Waals surface area contributed by atoms with Crippen LogP contribution in [0.1, 0.15) is 10.6 Å². The summed E-state index contributed by atoms with van der Waals surface area (Å²) in [4.78, 5) is 4.05. The molecule has 0 saturated carbocycles. The van der Waals surface area contributed by atoms with Crippen molar-refractivity contribution in [2.45, 2.75) is 13.5 Å². The number of hydrogen-bond acceptors (Lipinski definition) is 4. The summed E-state index contributed by atoms with van der Waals surface area (Å²) in [6, 6.07) is 2.87. The number of rotatable bonds is 3. The first kappa shape index (κ1) is 10.9. The molecule has 2 aromatic rings. The lowest BCUT2D eigenvalue weighted by atomic mass is 10.2. The van der Waals surface area contributed by atoms with Crippen molar-refractivity contribution in [3.8, 4) is 5.75 Å². The largest absolute Gasteiger partial charge is 0.483 e. The quantitative estimate of drug-likeness (QED) is 0.836. The number of hydrogen-bond donors (Lipinski definition) is 1. The van der Waals surface area contributed by atoms with Crippen molar-refractivity contribution in [3.63, 3.8) is 0 Å². The fourth-order valence-corrected chi connectivity index (χ4v) is 1.77. The molecule has 2 N–H and O–H groups in total. The number of nitrogen functional groups attached to an aromatic ring is 1. The molecule has 0 bridgehead atoms. The zero-order valence-electron chi connectivity index (χ0n) is 8.74. The summed E-state index contributed by atoms with van der Waals surface area (Å²) in [5.74, 6) is -0.235. The predicted octanol–water partition coefficient (Wildman–Crippen LogP) is 2.75. The Morgan fingerprint density at radius 3 is 3.00 bits per heavy atom. The van der Waals surface area contributed by atoms with Gasteiger partial charge in [-0.05, 0) is 18.6 Å². The van der Waals surface area contributed by atoms with Gasteiger partial charge < -0.3 is 10.5 Å². The van der Waals surface area contributed by atoms with Gasteiger partial charge in [-0.3, -0.25) is 0 Å². The van der Waals surface area contributed by atoms with E-state index in [1.807, 2.05) is 12.3 Å². The Balaban J connectivity index is 2.12. The van der Waals surface area contributed by atoms with Crippen LogP contribution in [0, 0.1) is 12.7 Å². The van der Waals surface area contributed by atoms with E-state index in [1.165, 1.54) is 17.4 Å². The molecule has 0 spiro atoms. The topological polar surface area (TPSA) is 48.1 Å². The van der Waals surface area contributed by atoms with Crippen molar-refractivity contribution in [2.24, 2.45) is 0 Å². The standard InChI is InChI=1S/C11H11FN2OS/c1-7-4-10(8(12)5-9(7)13)15-6-11-14-2-3-16-11/h2-5H,6,13H2,1H3. The maximum atomic E-state index is 13.4. The zero-order chi connectivity index (χ0) is 11.5. The predicted molar refractivity (Wildman–Crippen MR) is 62.0 cm³/mol. The van der Waals surface area contributed by atoms with Crippen molar-refractivity contribution >= 4 is 17.0 Å². The highest BCUT2D eigenvalue weighted by Gasteiger charge is 2.07. The van der Waals surface area contributed by atoms with Crippen LogP contribution in [0.2, 0.25) is 0 Å². The van der Waals surface area contributed by atoms with Crippen molar-refractivity contribution < 1.29 is 9.13 Å². The summed E-state index contributed by atoms with van der Waals surface area (Å²) < 4.78 is 18.8. The number of aryl methyl sites for hydroxylation is 1. The highest BCUT2D eigenvalue weighted by molar-refractivity contribution is 7.09. The fourth-order valence-electron chi connectivity index (χ4n) is 1.24. The van der Waals surface area contributed by atoms with Crippen molar-refractivity contribution in [2.75, 3.05) is 5.73 Å². The van der Waals surface area contributed by atoms with E-state index in [0.717, 1.165) is 10.6 Å². The molecule has 0 radical (unpaired) electrons. The monoisotopic (exact) mass is 238 g/mol. The second-order valence-electron chi connectivity index (χ2n) is 3.35. The van der Waals surface area contributed by atoms with Crippen LogP contribution in [-0.4, -0.2) is 4.98 Å². The second kappa shape index (κ2) is 4.49. The molecule has 0 fully saturated rings. The molecule has 0 amide bonds. The van der Waals surface area contributed by atoms with Gasteiger partial charge in [0, 0.05) is 23.3 Å². The minimum Gasteiger partial charge on any atom is -0.483 e. The Labute approximate surface area is 96.7 Å². The molecule has 5 heteroatoms. The van der Waals surface area contributed by atoms with E-state index in [4.69, 9.17) is 10.5 Å². The lowest BCUT2D eigenvalue weighted by Crippen LogP contribution is -1.99. The molecule has 84 valence electrons. The van der Waals surface area contributed by atoms with Gasteiger partial charge in [0.25, 0.3) is 0 Å². The van der Waals surface area contributed by atoms with Crippen molar-refractivity contribution in [1.82, 2.24) is 4.98 Å². The van der Waals surface area contributed by atoms with Gasteiger partial charge in [0.15, 0.2) is 11.6 Å². The van der Waals surface area contributed by atoms with Crippen LogP contribution < -0.4 is 10.5 Å². The fraction of sp³-hybridized carbons (Fsp3) is 0.182. The van der Waals surface area contributed by atoms with E-state index in [2.05, 4.69) is 4.98 Å². The highest BCUT2D eigenvalue weighted by Crippen LogP contribution is 2.24. The minimum absolute atomic E-state index is 0.210. The van der Waals surface area contributed by atoms with Gasteiger partial charge in [0.1, 0.15) is 11.6 Å². The minimum atomic E-state index is -0.445. The Morgan fingerprint density at radius 2 is 2.31 bits per heavy atom. The van der Waals surface area contributed by atoms with E-state index in [1.54, 1.807) is 12.3 Å². The number of ether oxygens (including phenoxy) is 1. The molecular weight excluding hydrogens is 227 g/mol. The van der Waals surface area contributed by atoms with Crippen LogP contribution in [0.15, 0.2) is 23.7 Å². The van der Waals surface area contributed by atoms with E-state index < -0.39 is 5.82 Å². The lowest BCUT2D eigenvalue weighted by Gasteiger charge is -2.08. The van der Waals surface area contributed by atoms with E-state index in [9.17, 15) is 4.39 Å². The van der Waals surface area contributed by atoms with Gasteiger partial charge >= 0.3 is 0 Å². The summed E-state index contributed by atoms with van der Waals surface area (Å²) in [5.41, 5.74) is 6.81. The molecule has 1 aromatic heterocycles. The van der Waals surface area contributed by atoms with Crippen LogP contribution >= 0.6 is 11.3 Å². The average Bonchev–Trinajstić information content (AvgIpc) is 2.74. The SMILES string of the molecule is Cc1cc(OCc2nccs2)c(F)cc1N. The van der Waals surface area contributed by atoms with Gasteiger partial charge in [-0.2, -0.15) is 0 Å². The van der Waals surface area contributed by atoms with Gasteiger partial charge in [0.2, 0.25) is 0 Å². The Hall–Kier alpha value is -1.62. The first-order valence-corrected chi connectivity index (χ1v) is 5.61. The first-order valence-electron chi connectivity index (χ1n) is 4.73. The van der Waals surface area contributed by atoms with E-state index in [-0.39, 0.29) is 12.4 Å². The number of anilines is 1. The average molecular weight is 238 g/mol. The van der Waals surface area contributed by atoms with Gasteiger partial charge in [0.05, 0.1) is 0 Å². The van der Waals surface area contributed by atoms with Crippen molar-refractivity contribution in [1.29, 1.82) is 0 Å². The van der Waals surface area contributed by atoms with Gasteiger partial charge in [-0.1, -0.05) is 0 Å². The Bertz CT molecular complexity index is 485. The Morgan fingerprint density at radius 1 is 1.50 bits per heavy atom. The first-order chi connectivity index (χ1) is 7.66. The maximum absolute atomic E-state index is 13.4. The summed E-state index contributed by atoms with van der Waals surface area (Å²) in [6.45, 7) is 2.09. The molecule has 1 heterocycles. The summed E-state index contributed by atoms with van der Waals surface area (Å²) in [6.07, 6.45) is 1.69. The molecular formula is C11H11FN2OS. The molecule has 0 atom stereocenters. The molecule has 0 aliphatic carbocycles. The second-order valence-corrected chi connectivity index (χ2v) is 4.33. The maximum Gasteiger partial charge on any atom is 0.167 e. The van der Waals surface area contributed by atoms with Crippen LogP contribution in [0.3, 0.4) is 0 Å². The van der Waals surface area contributed by atoms with Gasteiger partial charge in [-0.25, -0.2) is 9.37 Å². The third-order valence-electron chi connectivity index (χ3n) is 2.16. The van der Waals surface area contributed by atoms with Crippen LogP contribution in [0.4, 0.5) is 10.1 Å². The number of aromatic nitrogens is 1. The third kappa shape index (κ3) is 2.30. The lowest BCUT2D eigenvalue weighted by molar-refractivity contribution is 0.289. The number of nitrogens with zero attached hydrogens (tertiary/aromatic N) is 1. The van der Waals surface area contributed by atoms with Crippen molar-refractivity contribution in [3.05, 3.63) is 40.1 Å². The zero-order valence-corrected chi connectivity index (χ0v) is 9.55. The molecule has 3 nitrogen and oxygen atoms in total. The number of halogens is 1. The molecule has 0 aliphatic rings. The molecule has 2 rings (SSSR count). The summed E-state index contributed by atoms with van der Waals surface area (Å²) >= 11 is 1.47. The van der Waals surface area contributed by atoms with Gasteiger partial charge in [-0.15, -0.1) is 11.3 Å². The number of benzene rings is 1. The molecule has 0 unspecified atom stereocenters. The molecule has 0 aliphatic heterocycles. The van der Waals surface area contributed by atoms with Crippen LogP contribution in [0.5, 0.6) is 5.75 Å². The number of nitrogens with two attached hydrogens (primary N) is 1. The third-order valence-corrected chi connectivity index (χ3v) is 2.91. The van der Waals surface area contributed by atoms with E-state index in [0.29, 0.717) is 5.69 Å². The van der Waals surface area contributed by atoms with E-state index >= 15 is 0 Å². The van der Waals surface area contributed by atoms with Crippen LogP contribution in [-0.2, 0) is 6.61 Å². The summed E-state index contributed by atoms with van der Waals surface area (Å²) in [7, 11) is 0. The summed E-state index contributed by atoms with van der Waals surface area (Å²) in [5, 5.41) is 2.66. The molecule has 1 aromatic carbocycles. The molecule has 16 heavy (non-hydrogen) atoms. The molecule has 0 saturated heterocycles. The Kier molecular flexibility index (Phi) is 3.05. The highest BCUT2D eigenvalue weighted by atomic mass is 32.1. The van der Waals surface area contributed by atoms with Crippen LogP contribution in [0.25, 0.3) is 0 Å². The number of thiazole rings is 1.